The van der Waals surface area contributed by atoms with Crippen LogP contribution < -0.4 is 5.32 Å². The predicted molar refractivity (Wildman–Crippen MR) is 77.9 cm³/mol. The van der Waals surface area contributed by atoms with Crippen LogP contribution in [0.25, 0.3) is 5.69 Å². The third kappa shape index (κ3) is 2.45. The van der Waals surface area contributed by atoms with Crippen LogP contribution in [0.4, 0.5) is 4.39 Å². The maximum absolute atomic E-state index is 14.1. The molecule has 0 bridgehead atoms. The Morgan fingerprint density at radius 2 is 2.15 bits per heavy atom. The quantitative estimate of drug-likeness (QED) is 0.934. The lowest BCUT2D eigenvalue weighted by Crippen LogP contribution is -2.18. The van der Waals surface area contributed by atoms with E-state index in [1.54, 1.807) is 10.7 Å². The van der Waals surface area contributed by atoms with Crippen LogP contribution in [-0.4, -0.2) is 15.8 Å². The number of benzene rings is 1. The van der Waals surface area contributed by atoms with E-state index in [9.17, 15) is 4.39 Å². The first-order valence-electron chi connectivity index (χ1n) is 6.81. The molecule has 2 aromatic rings. The van der Waals surface area contributed by atoms with Gasteiger partial charge in [0.2, 0.25) is 0 Å². The third-order valence-electron chi connectivity index (χ3n) is 3.67. The van der Waals surface area contributed by atoms with E-state index in [-0.39, 0.29) is 5.82 Å². The zero-order valence-corrected chi connectivity index (χ0v) is 12.3. The molecule has 1 saturated carbocycles. The van der Waals surface area contributed by atoms with E-state index in [1.807, 2.05) is 19.9 Å². The molecule has 0 radical (unpaired) electrons. The van der Waals surface area contributed by atoms with Crippen molar-refractivity contribution in [1.29, 1.82) is 0 Å². The van der Waals surface area contributed by atoms with Crippen LogP contribution in [0.3, 0.4) is 0 Å². The van der Waals surface area contributed by atoms with Crippen LogP contribution in [-0.2, 0) is 6.54 Å². The fourth-order valence-corrected chi connectivity index (χ4v) is 2.43. The molecule has 3 rings (SSSR count). The van der Waals surface area contributed by atoms with Crippen molar-refractivity contribution in [2.24, 2.45) is 0 Å². The lowest BCUT2D eigenvalue weighted by atomic mass is 10.1. The van der Waals surface area contributed by atoms with E-state index >= 15 is 0 Å². The molecule has 0 aliphatic heterocycles. The first-order valence-corrected chi connectivity index (χ1v) is 7.18. The Hall–Kier alpha value is -1.39. The minimum atomic E-state index is -0.209. The molecule has 106 valence electrons. The van der Waals surface area contributed by atoms with E-state index in [0.29, 0.717) is 23.2 Å². The molecule has 20 heavy (non-hydrogen) atoms. The second-order valence-corrected chi connectivity index (χ2v) is 5.67. The molecule has 1 heterocycles. The molecule has 1 fully saturated rings. The molecular weight excluding hydrogens is 277 g/mol. The Morgan fingerprint density at radius 1 is 1.40 bits per heavy atom. The van der Waals surface area contributed by atoms with Gasteiger partial charge in [-0.2, -0.15) is 5.10 Å². The number of nitrogens with one attached hydrogen (secondary N) is 1. The number of aryl methyl sites for hydroxylation is 1. The Balaban J connectivity index is 2.02. The SMILES string of the molecule is Cc1nn(-c2cccc(F)c2CNC2CC2)c(C)c1Cl. The molecule has 0 spiro atoms. The average molecular weight is 294 g/mol. The van der Waals surface area contributed by atoms with Gasteiger partial charge in [0.1, 0.15) is 5.82 Å². The molecule has 0 atom stereocenters. The summed E-state index contributed by atoms with van der Waals surface area (Å²) in [6.45, 7) is 4.27. The van der Waals surface area contributed by atoms with E-state index in [2.05, 4.69) is 10.4 Å². The third-order valence-corrected chi connectivity index (χ3v) is 4.22. The first-order chi connectivity index (χ1) is 9.58. The first kappa shape index (κ1) is 13.6. The topological polar surface area (TPSA) is 29.9 Å². The van der Waals surface area contributed by atoms with Crippen molar-refractivity contribution in [1.82, 2.24) is 15.1 Å². The Labute approximate surface area is 122 Å². The summed E-state index contributed by atoms with van der Waals surface area (Å²) in [6.07, 6.45) is 2.35. The van der Waals surface area contributed by atoms with E-state index < -0.39 is 0 Å². The number of aromatic nitrogens is 2. The molecule has 1 N–H and O–H groups in total. The summed E-state index contributed by atoms with van der Waals surface area (Å²) in [5.74, 6) is -0.209. The van der Waals surface area contributed by atoms with Gasteiger partial charge in [0.05, 0.1) is 22.1 Å². The fraction of sp³-hybridized carbons (Fsp3) is 0.400. The Kier molecular flexibility index (Phi) is 3.52. The van der Waals surface area contributed by atoms with Crippen molar-refractivity contribution >= 4 is 11.6 Å². The average Bonchev–Trinajstić information content (AvgIpc) is 3.21. The summed E-state index contributed by atoms with van der Waals surface area (Å²) < 4.78 is 15.9. The van der Waals surface area contributed by atoms with Gasteiger partial charge < -0.3 is 5.32 Å². The van der Waals surface area contributed by atoms with Crippen LogP contribution >= 0.6 is 11.6 Å². The maximum atomic E-state index is 14.1. The van der Waals surface area contributed by atoms with Crippen molar-refractivity contribution in [2.45, 2.75) is 39.3 Å². The molecule has 0 unspecified atom stereocenters. The Bertz CT molecular complexity index is 647. The zero-order chi connectivity index (χ0) is 14.3. The van der Waals surface area contributed by atoms with Crippen LogP contribution in [0.5, 0.6) is 0 Å². The van der Waals surface area contributed by atoms with Gasteiger partial charge in [-0.05, 0) is 38.8 Å². The second kappa shape index (κ2) is 5.19. The highest BCUT2D eigenvalue weighted by atomic mass is 35.5. The summed E-state index contributed by atoms with van der Waals surface area (Å²) in [4.78, 5) is 0. The summed E-state index contributed by atoms with van der Waals surface area (Å²) >= 11 is 6.19. The van der Waals surface area contributed by atoms with Crippen molar-refractivity contribution < 1.29 is 4.39 Å². The highest BCUT2D eigenvalue weighted by Crippen LogP contribution is 2.26. The smallest absolute Gasteiger partial charge is 0.129 e. The van der Waals surface area contributed by atoms with Crippen molar-refractivity contribution in [3.63, 3.8) is 0 Å². The molecule has 1 aliphatic carbocycles. The summed E-state index contributed by atoms with van der Waals surface area (Å²) in [7, 11) is 0. The second-order valence-electron chi connectivity index (χ2n) is 5.29. The van der Waals surface area contributed by atoms with Crippen LogP contribution in [0.15, 0.2) is 18.2 Å². The molecule has 0 amide bonds. The van der Waals surface area contributed by atoms with Gasteiger partial charge in [0.15, 0.2) is 0 Å². The normalized spacial score (nSPS) is 14.8. The van der Waals surface area contributed by atoms with Gasteiger partial charge in [-0.1, -0.05) is 17.7 Å². The number of rotatable bonds is 4. The zero-order valence-electron chi connectivity index (χ0n) is 11.6. The largest absolute Gasteiger partial charge is 0.310 e. The predicted octanol–water partition coefficient (Wildman–Crippen LogP) is 3.53. The maximum Gasteiger partial charge on any atom is 0.129 e. The number of hydrogen-bond acceptors (Lipinski definition) is 2. The van der Waals surface area contributed by atoms with Gasteiger partial charge >= 0.3 is 0 Å². The van der Waals surface area contributed by atoms with Crippen molar-refractivity contribution in [3.8, 4) is 5.69 Å². The van der Waals surface area contributed by atoms with Gasteiger partial charge in [-0.15, -0.1) is 0 Å². The molecule has 1 aromatic heterocycles. The lowest BCUT2D eigenvalue weighted by molar-refractivity contribution is 0.582. The molecule has 3 nitrogen and oxygen atoms in total. The van der Waals surface area contributed by atoms with Crippen molar-refractivity contribution in [3.05, 3.63) is 46.0 Å². The van der Waals surface area contributed by atoms with Crippen LogP contribution in [0.2, 0.25) is 5.02 Å². The molecular formula is C15H17ClFN3. The van der Waals surface area contributed by atoms with Gasteiger partial charge in [-0.25, -0.2) is 9.07 Å². The summed E-state index contributed by atoms with van der Waals surface area (Å²) in [5.41, 5.74) is 2.99. The monoisotopic (exact) mass is 293 g/mol. The Morgan fingerprint density at radius 3 is 2.75 bits per heavy atom. The van der Waals surface area contributed by atoms with Gasteiger partial charge in [0.25, 0.3) is 0 Å². The molecule has 5 heteroatoms. The number of halogens is 2. The van der Waals surface area contributed by atoms with Gasteiger partial charge in [-0.3, -0.25) is 0 Å². The molecule has 1 aromatic carbocycles. The van der Waals surface area contributed by atoms with Crippen LogP contribution in [0.1, 0.15) is 29.8 Å². The van der Waals surface area contributed by atoms with Gasteiger partial charge in [0, 0.05) is 18.2 Å². The molecule has 0 saturated heterocycles. The minimum Gasteiger partial charge on any atom is -0.310 e. The summed E-state index contributed by atoms with van der Waals surface area (Å²) in [5, 5.41) is 8.40. The number of nitrogens with zero attached hydrogens (tertiary/aromatic N) is 2. The standard InChI is InChI=1S/C15H17ClFN3/c1-9-15(16)10(2)20(19-9)14-5-3-4-13(17)12(14)8-18-11-6-7-11/h3-5,11,18H,6-8H2,1-2H3. The van der Waals surface area contributed by atoms with Crippen molar-refractivity contribution in [2.75, 3.05) is 0 Å². The summed E-state index contributed by atoms with van der Waals surface area (Å²) in [6, 6.07) is 5.60. The lowest BCUT2D eigenvalue weighted by Gasteiger charge is -2.13. The fourth-order valence-electron chi connectivity index (χ4n) is 2.31. The number of hydrogen-bond donors (Lipinski definition) is 1. The molecule has 1 aliphatic rings. The highest BCUT2D eigenvalue weighted by molar-refractivity contribution is 6.31. The van der Waals surface area contributed by atoms with Crippen LogP contribution in [0, 0.1) is 19.7 Å². The highest BCUT2D eigenvalue weighted by Gasteiger charge is 2.22. The van der Waals surface area contributed by atoms with E-state index in [0.717, 1.165) is 17.1 Å². The van der Waals surface area contributed by atoms with E-state index in [1.165, 1.54) is 18.9 Å². The minimum absolute atomic E-state index is 0.209. The van der Waals surface area contributed by atoms with E-state index in [4.69, 9.17) is 11.6 Å².